The minimum Gasteiger partial charge on any atom is -0.378 e. The van der Waals surface area contributed by atoms with Gasteiger partial charge in [0.1, 0.15) is 0 Å². The maximum Gasteiger partial charge on any atom is 0.223 e. The summed E-state index contributed by atoms with van der Waals surface area (Å²) < 4.78 is 5.83. The molecule has 0 bridgehead atoms. The normalized spacial score (nSPS) is 28.9. The number of hydrogen-bond acceptors (Lipinski definition) is 3. The van der Waals surface area contributed by atoms with Gasteiger partial charge in [-0.05, 0) is 50.9 Å². The van der Waals surface area contributed by atoms with Gasteiger partial charge in [0, 0.05) is 25.1 Å². The first-order valence-electron chi connectivity index (χ1n) is 7.81. The molecule has 0 heterocycles. The standard InChI is InChI=1S/C15H28N2O2/c1-11(12-3-4-12)15(18)17-9-2-10-19-14-7-5-13(16)6-8-14/h11-14H,2-10,16H2,1H3,(H,17,18). The number of rotatable bonds is 7. The molecule has 2 saturated carbocycles. The van der Waals surface area contributed by atoms with Gasteiger partial charge in [0.2, 0.25) is 5.91 Å². The van der Waals surface area contributed by atoms with Crippen molar-refractivity contribution in [2.75, 3.05) is 13.2 Å². The van der Waals surface area contributed by atoms with Crippen LogP contribution in [0.1, 0.15) is 51.9 Å². The van der Waals surface area contributed by atoms with Gasteiger partial charge in [-0.2, -0.15) is 0 Å². The molecule has 2 aliphatic rings. The van der Waals surface area contributed by atoms with E-state index in [4.69, 9.17) is 10.5 Å². The fourth-order valence-electron chi connectivity index (χ4n) is 2.76. The molecular formula is C15H28N2O2. The van der Waals surface area contributed by atoms with Gasteiger partial charge < -0.3 is 15.8 Å². The average molecular weight is 268 g/mol. The molecule has 0 aromatic carbocycles. The Labute approximate surface area is 116 Å². The number of amides is 1. The number of ether oxygens (including phenoxy) is 1. The number of nitrogens with two attached hydrogens (primary N) is 1. The van der Waals surface area contributed by atoms with Gasteiger partial charge in [-0.25, -0.2) is 0 Å². The van der Waals surface area contributed by atoms with Crippen LogP contribution >= 0.6 is 0 Å². The molecule has 0 aromatic rings. The first-order valence-corrected chi connectivity index (χ1v) is 7.81. The van der Waals surface area contributed by atoms with Gasteiger partial charge in [-0.1, -0.05) is 6.92 Å². The Morgan fingerprint density at radius 1 is 1.26 bits per heavy atom. The molecule has 0 aliphatic heterocycles. The van der Waals surface area contributed by atoms with Crippen molar-refractivity contribution in [1.82, 2.24) is 5.32 Å². The van der Waals surface area contributed by atoms with E-state index in [1.54, 1.807) is 0 Å². The second-order valence-corrected chi connectivity index (χ2v) is 6.18. The quantitative estimate of drug-likeness (QED) is 0.692. The zero-order valence-corrected chi connectivity index (χ0v) is 12.1. The van der Waals surface area contributed by atoms with E-state index in [1.807, 2.05) is 6.92 Å². The molecule has 0 radical (unpaired) electrons. The van der Waals surface area contributed by atoms with Gasteiger partial charge >= 0.3 is 0 Å². The molecule has 0 aromatic heterocycles. The maximum atomic E-state index is 11.8. The molecule has 0 saturated heterocycles. The summed E-state index contributed by atoms with van der Waals surface area (Å²) in [6, 6.07) is 0.378. The lowest BCUT2D eigenvalue weighted by Gasteiger charge is -2.26. The van der Waals surface area contributed by atoms with E-state index in [2.05, 4.69) is 5.32 Å². The van der Waals surface area contributed by atoms with Crippen molar-refractivity contribution < 1.29 is 9.53 Å². The summed E-state index contributed by atoms with van der Waals surface area (Å²) in [5.74, 6) is 1.05. The molecule has 4 nitrogen and oxygen atoms in total. The SMILES string of the molecule is CC(C(=O)NCCCOC1CCC(N)CC1)C1CC1. The van der Waals surface area contributed by atoms with Crippen LogP contribution in [0.15, 0.2) is 0 Å². The number of carbonyl (C=O) groups excluding carboxylic acids is 1. The van der Waals surface area contributed by atoms with Crippen molar-refractivity contribution in [2.24, 2.45) is 17.6 Å². The molecule has 2 aliphatic carbocycles. The van der Waals surface area contributed by atoms with E-state index in [9.17, 15) is 4.79 Å². The van der Waals surface area contributed by atoms with Crippen molar-refractivity contribution in [2.45, 2.75) is 64.0 Å². The number of nitrogens with one attached hydrogen (secondary N) is 1. The average Bonchev–Trinajstić information content (AvgIpc) is 3.24. The van der Waals surface area contributed by atoms with E-state index in [0.29, 0.717) is 18.1 Å². The van der Waals surface area contributed by atoms with Crippen LogP contribution in [0.5, 0.6) is 0 Å². The molecule has 4 heteroatoms. The molecule has 1 atom stereocenters. The lowest BCUT2D eigenvalue weighted by atomic mass is 9.94. The molecule has 1 amide bonds. The van der Waals surface area contributed by atoms with E-state index >= 15 is 0 Å². The summed E-state index contributed by atoms with van der Waals surface area (Å²) >= 11 is 0. The third-order valence-corrected chi connectivity index (χ3v) is 4.44. The van der Waals surface area contributed by atoms with Crippen LogP contribution in [0.25, 0.3) is 0 Å². The lowest BCUT2D eigenvalue weighted by molar-refractivity contribution is -0.125. The zero-order valence-electron chi connectivity index (χ0n) is 12.1. The molecule has 0 spiro atoms. The highest BCUT2D eigenvalue weighted by Crippen LogP contribution is 2.36. The highest BCUT2D eigenvalue weighted by Gasteiger charge is 2.32. The summed E-state index contributed by atoms with van der Waals surface area (Å²) in [6.07, 6.45) is 8.09. The zero-order chi connectivity index (χ0) is 13.7. The van der Waals surface area contributed by atoms with E-state index in [1.165, 1.54) is 12.8 Å². The smallest absolute Gasteiger partial charge is 0.223 e. The second-order valence-electron chi connectivity index (χ2n) is 6.18. The fourth-order valence-corrected chi connectivity index (χ4v) is 2.76. The largest absolute Gasteiger partial charge is 0.378 e. The van der Waals surface area contributed by atoms with Crippen LogP contribution in [-0.4, -0.2) is 31.2 Å². The summed E-state index contributed by atoms with van der Waals surface area (Å²) in [5.41, 5.74) is 5.86. The molecular weight excluding hydrogens is 240 g/mol. The summed E-state index contributed by atoms with van der Waals surface area (Å²) in [5, 5.41) is 3.01. The topological polar surface area (TPSA) is 64.3 Å². The van der Waals surface area contributed by atoms with Crippen LogP contribution in [0, 0.1) is 11.8 Å². The van der Waals surface area contributed by atoms with E-state index < -0.39 is 0 Å². The Hall–Kier alpha value is -0.610. The first kappa shape index (κ1) is 14.8. The van der Waals surface area contributed by atoms with Crippen molar-refractivity contribution in [3.8, 4) is 0 Å². The number of carbonyl (C=O) groups is 1. The Morgan fingerprint density at radius 2 is 1.95 bits per heavy atom. The van der Waals surface area contributed by atoms with Crippen molar-refractivity contribution >= 4 is 5.91 Å². The van der Waals surface area contributed by atoms with Crippen molar-refractivity contribution in [3.05, 3.63) is 0 Å². The highest BCUT2D eigenvalue weighted by molar-refractivity contribution is 5.78. The Kier molecular flexibility index (Phi) is 5.64. The monoisotopic (exact) mass is 268 g/mol. The van der Waals surface area contributed by atoms with Gasteiger partial charge in [0.15, 0.2) is 0 Å². The predicted octanol–water partition coefficient (Wildman–Crippen LogP) is 1.83. The Morgan fingerprint density at radius 3 is 2.58 bits per heavy atom. The Bertz CT molecular complexity index is 284. The van der Waals surface area contributed by atoms with Gasteiger partial charge in [0.25, 0.3) is 0 Å². The molecule has 2 fully saturated rings. The molecule has 2 rings (SSSR count). The molecule has 110 valence electrons. The van der Waals surface area contributed by atoms with E-state index in [-0.39, 0.29) is 11.8 Å². The van der Waals surface area contributed by atoms with E-state index in [0.717, 1.165) is 45.3 Å². The van der Waals surface area contributed by atoms with Crippen LogP contribution < -0.4 is 11.1 Å². The molecule has 1 unspecified atom stereocenters. The fraction of sp³-hybridized carbons (Fsp3) is 0.933. The van der Waals surface area contributed by atoms with Crippen molar-refractivity contribution in [3.63, 3.8) is 0 Å². The first-order chi connectivity index (χ1) is 9.16. The van der Waals surface area contributed by atoms with Gasteiger partial charge in [0.05, 0.1) is 6.10 Å². The second kappa shape index (κ2) is 7.25. The number of hydrogen-bond donors (Lipinski definition) is 2. The van der Waals surface area contributed by atoms with Crippen LogP contribution in [-0.2, 0) is 9.53 Å². The van der Waals surface area contributed by atoms with Crippen LogP contribution in [0.3, 0.4) is 0 Å². The summed E-state index contributed by atoms with van der Waals surface area (Å²) in [6.45, 7) is 3.52. The van der Waals surface area contributed by atoms with Gasteiger partial charge in [-0.15, -0.1) is 0 Å². The Balaban J connectivity index is 1.46. The summed E-state index contributed by atoms with van der Waals surface area (Å²) in [7, 11) is 0. The lowest BCUT2D eigenvalue weighted by Crippen LogP contribution is -2.32. The molecule has 19 heavy (non-hydrogen) atoms. The minimum atomic E-state index is 0.195. The summed E-state index contributed by atoms with van der Waals surface area (Å²) in [4.78, 5) is 11.8. The molecule has 3 N–H and O–H groups in total. The van der Waals surface area contributed by atoms with Crippen LogP contribution in [0.2, 0.25) is 0 Å². The highest BCUT2D eigenvalue weighted by atomic mass is 16.5. The predicted molar refractivity (Wildman–Crippen MR) is 75.7 cm³/mol. The minimum absolute atomic E-state index is 0.195. The van der Waals surface area contributed by atoms with Crippen molar-refractivity contribution in [1.29, 1.82) is 0 Å². The van der Waals surface area contributed by atoms with Gasteiger partial charge in [-0.3, -0.25) is 4.79 Å². The third-order valence-electron chi connectivity index (χ3n) is 4.44. The maximum absolute atomic E-state index is 11.8. The van der Waals surface area contributed by atoms with Crippen LogP contribution in [0.4, 0.5) is 0 Å². The third kappa shape index (κ3) is 5.11.